The molecule has 4 unspecified atom stereocenters. The molecule has 4 heterocycles. The lowest BCUT2D eigenvalue weighted by molar-refractivity contribution is -0.138. The van der Waals surface area contributed by atoms with Gasteiger partial charge in [0.2, 0.25) is 11.8 Å². The van der Waals surface area contributed by atoms with Crippen molar-refractivity contribution in [1.82, 2.24) is 9.80 Å². The second-order valence-electron chi connectivity index (χ2n) is 8.97. The van der Waals surface area contributed by atoms with E-state index in [9.17, 15) is 14.4 Å². The molecule has 3 saturated heterocycles. The minimum atomic E-state index is -0.761. The summed E-state index contributed by atoms with van der Waals surface area (Å²) in [7, 11) is 1.55. The molecule has 1 aromatic carbocycles. The zero-order valence-corrected chi connectivity index (χ0v) is 18.9. The lowest BCUT2D eigenvalue weighted by Gasteiger charge is -2.37. The Morgan fingerprint density at radius 1 is 1.24 bits per heavy atom. The van der Waals surface area contributed by atoms with Crippen LogP contribution in [0.5, 0.6) is 5.75 Å². The molecular weight excluding hydrogens is 426 g/mol. The highest BCUT2D eigenvalue weighted by Gasteiger charge is 2.67. The fourth-order valence-electron chi connectivity index (χ4n) is 5.68. The fraction of sp³-hybridized carbons (Fsp3) is 0.542. The summed E-state index contributed by atoms with van der Waals surface area (Å²) in [4.78, 5) is 42.4. The highest BCUT2D eigenvalue weighted by Crippen LogP contribution is 2.53. The second kappa shape index (κ2) is 8.37. The molecular formula is C24H29N3O6. The number of likely N-dealkylation sites (tertiary alicyclic amines) is 2. The van der Waals surface area contributed by atoms with Crippen molar-refractivity contribution in [2.45, 2.75) is 37.5 Å². The van der Waals surface area contributed by atoms with Gasteiger partial charge in [0.1, 0.15) is 11.4 Å². The van der Waals surface area contributed by atoms with E-state index < -0.39 is 23.5 Å². The van der Waals surface area contributed by atoms with Crippen molar-refractivity contribution in [2.75, 3.05) is 38.7 Å². The number of para-hydroxylation sites is 2. The summed E-state index contributed by atoms with van der Waals surface area (Å²) in [6.45, 7) is 3.65. The average Bonchev–Trinajstić information content (AvgIpc) is 3.48. The number of nitrogens with one attached hydrogen (secondary N) is 1. The van der Waals surface area contributed by atoms with Crippen LogP contribution in [0.2, 0.25) is 0 Å². The SMILES string of the molecule is CCOC(=O)N1CCC(N2CC34C=CC(O3)C(C(=O)Nc3ccccc3OC)C4C2=O)CC1. The predicted octanol–water partition coefficient (Wildman–Crippen LogP) is 2.04. The van der Waals surface area contributed by atoms with Gasteiger partial charge >= 0.3 is 6.09 Å². The third kappa shape index (κ3) is 3.55. The first-order valence-electron chi connectivity index (χ1n) is 11.5. The Labute approximate surface area is 192 Å². The van der Waals surface area contributed by atoms with Crippen LogP contribution in [-0.4, -0.2) is 78.8 Å². The van der Waals surface area contributed by atoms with Crippen LogP contribution >= 0.6 is 0 Å². The Kier molecular flexibility index (Phi) is 5.52. The number of benzene rings is 1. The van der Waals surface area contributed by atoms with Gasteiger partial charge < -0.3 is 29.3 Å². The van der Waals surface area contributed by atoms with Gasteiger partial charge in [0.25, 0.3) is 0 Å². The normalized spacial score (nSPS) is 30.5. The van der Waals surface area contributed by atoms with Crippen LogP contribution in [0.15, 0.2) is 36.4 Å². The van der Waals surface area contributed by atoms with Gasteiger partial charge in [-0.25, -0.2) is 4.79 Å². The maximum Gasteiger partial charge on any atom is 0.409 e. The van der Waals surface area contributed by atoms with Crippen LogP contribution < -0.4 is 10.1 Å². The van der Waals surface area contributed by atoms with Gasteiger partial charge in [-0.1, -0.05) is 24.3 Å². The van der Waals surface area contributed by atoms with Gasteiger partial charge in [-0.2, -0.15) is 0 Å². The maximum absolute atomic E-state index is 13.6. The molecule has 4 aliphatic rings. The number of anilines is 1. The Balaban J connectivity index is 1.30. The van der Waals surface area contributed by atoms with E-state index in [-0.39, 0.29) is 23.9 Å². The number of hydrogen-bond donors (Lipinski definition) is 1. The molecule has 0 radical (unpaired) electrons. The van der Waals surface area contributed by atoms with E-state index in [0.717, 1.165) is 0 Å². The van der Waals surface area contributed by atoms with E-state index in [1.807, 2.05) is 29.2 Å². The topological polar surface area (TPSA) is 97.4 Å². The zero-order valence-electron chi connectivity index (χ0n) is 18.9. The van der Waals surface area contributed by atoms with Gasteiger partial charge in [-0.15, -0.1) is 0 Å². The number of rotatable bonds is 5. The van der Waals surface area contributed by atoms with Crippen molar-refractivity contribution in [3.05, 3.63) is 36.4 Å². The van der Waals surface area contributed by atoms with Crippen molar-refractivity contribution < 1.29 is 28.6 Å². The van der Waals surface area contributed by atoms with Gasteiger partial charge in [0.15, 0.2) is 0 Å². The van der Waals surface area contributed by atoms with E-state index in [1.165, 1.54) is 0 Å². The highest BCUT2D eigenvalue weighted by atomic mass is 16.6. The molecule has 9 heteroatoms. The number of nitrogens with zero attached hydrogens (tertiary/aromatic N) is 2. The third-order valence-corrected chi connectivity index (χ3v) is 7.23. The molecule has 5 rings (SSSR count). The molecule has 2 bridgehead atoms. The first kappa shape index (κ1) is 21.8. The number of fused-ring (bicyclic) bond motifs is 1. The zero-order chi connectivity index (χ0) is 23.2. The Morgan fingerprint density at radius 2 is 2.00 bits per heavy atom. The van der Waals surface area contributed by atoms with Crippen molar-refractivity contribution in [2.24, 2.45) is 11.8 Å². The average molecular weight is 456 g/mol. The minimum absolute atomic E-state index is 0.0112. The summed E-state index contributed by atoms with van der Waals surface area (Å²) in [6.07, 6.45) is 4.50. The van der Waals surface area contributed by atoms with Gasteiger partial charge in [0.05, 0.1) is 43.9 Å². The van der Waals surface area contributed by atoms with Crippen LogP contribution in [0.1, 0.15) is 19.8 Å². The molecule has 9 nitrogen and oxygen atoms in total. The second-order valence-corrected chi connectivity index (χ2v) is 8.97. The van der Waals surface area contributed by atoms with E-state index in [1.54, 1.807) is 31.1 Å². The van der Waals surface area contributed by atoms with Crippen molar-refractivity contribution >= 4 is 23.6 Å². The van der Waals surface area contributed by atoms with Crippen LogP contribution in [0.3, 0.4) is 0 Å². The molecule has 33 heavy (non-hydrogen) atoms. The minimum Gasteiger partial charge on any atom is -0.495 e. The quantitative estimate of drug-likeness (QED) is 0.683. The summed E-state index contributed by atoms with van der Waals surface area (Å²) >= 11 is 0. The summed E-state index contributed by atoms with van der Waals surface area (Å²) in [5.74, 6) is -0.875. The molecule has 4 aliphatic heterocycles. The van der Waals surface area contributed by atoms with Crippen molar-refractivity contribution in [3.63, 3.8) is 0 Å². The summed E-state index contributed by atoms with van der Waals surface area (Å²) < 4.78 is 16.7. The number of methoxy groups -OCH3 is 1. The number of carbonyl (C=O) groups is 3. The van der Waals surface area contributed by atoms with Gasteiger partial charge in [0, 0.05) is 19.1 Å². The monoisotopic (exact) mass is 455 g/mol. The standard InChI is InChI=1S/C24H29N3O6/c1-3-32-23(30)26-12-9-15(10-13-26)27-14-24-11-8-18(33-24)19(20(24)22(27)29)21(28)25-16-6-4-5-7-17(16)31-2/h4-8,11,15,18-20H,3,9-10,12-14H2,1-2H3,(H,25,28). The first-order chi connectivity index (χ1) is 16.0. The Hall–Kier alpha value is -3.07. The molecule has 3 amide bonds. The van der Waals surface area contributed by atoms with E-state index in [2.05, 4.69) is 5.32 Å². The largest absolute Gasteiger partial charge is 0.495 e. The number of hydrogen-bond acceptors (Lipinski definition) is 6. The van der Waals surface area contributed by atoms with Crippen LogP contribution in [0.4, 0.5) is 10.5 Å². The fourth-order valence-corrected chi connectivity index (χ4v) is 5.68. The molecule has 1 aromatic rings. The number of piperidine rings is 1. The van der Waals surface area contributed by atoms with E-state index in [4.69, 9.17) is 14.2 Å². The van der Waals surface area contributed by atoms with E-state index in [0.29, 0.717) is 50.5 Å². The van der Waals surface area contributed by atoms with Crippen LogP contribution in [0.25, 0.3) is 0 Å². The molecule has 0 saturated carbocycles. The first-order valence-corrected chi connectivity index (χ1v) is 11.5. The number of carbonyl (C=O) groups excluding carboxylic acids is 3. The van der Waals surface area contributed by atoms with Crippen LogP contribution in [-0.2, 0) is 19.1 Å². The third-order valence-electron chi connectivity index (χ3n) is 7.23. The highest BCUT2D eigenvalue weighted by molar-refractivity contribution is 6.00. The summed E-state index contributed by atoms with van der Waals surface area (Å²) in [6, 6.07) is 7.22. The molecule has 0 aromatic heterocycles. The van der Waals surface area contributed by atoms with Crippen molar-refractivity contribution in [3.8, 4) is 5.75 Å². The maximum atomic E-state index is 13.6. The number of amides is 3. The summed E-state index contributed by atoms with van der Waals surface area (Å²) in [5.41, 5.74) is -0.192. The number of ether oxygens (including phenoxy) is 3. The molecule has 1 N–H and O–H groups in total. The molecule has 176 valence electrons. The molecule has 0 aliphatic carbocycles. The Morgan fingerprint density at radius 3 is 2.73 bits per heavy atom. The van der Waals surface area contributed by atoms with Crippen molar-refractivity contribution in [1.29, 1.82) is 0 Å². The Bertz CT molecular complexity index is 988. The summed E-state index contributed by atoms with van der Waals surface area (Å²) in [5, 5.41) is 2.94. The predicted molar refractivity (Wildman–Crippen MR) is 119 cm³/mol. The van der Waals surface area contributed by atoms with Gasteiger partial charge in [-0.3, -0.25) is 9.59 Å². The van der Waals surface area contributed by atoms with E-state index >= 15 is 0 Å². The lowest BCUT2D eigenvalue weighted by Crippen LogP contribution is -2.49. The smallest absolute Gasteiger partial charge is 0.409 e. The molecule has 1 spiro atoms. The lowest BCUT2D eigenvalue weighted by atomic mass is 9.76. The van der Waals surface area contributed by atoms with Gasteiger partial charge in [-0.05, 0) is 31.9 Å². The van der Waals surface area contributed by atoms with Crippen LogP contribution in [0, 0.1) is 11.8 Å². The molecule has 4 atom stereocenters. The molecule has 3 fully saturated rings.